The first-order valence-electron chi connectivity index (χ1n) is 6.29. The van der Waals surface area contributed by atoms with Gasteiger partial charge in [0.15, 0.2) is 0 Å². The molecule has 5 heteroatoms. The molecule has 0 saturated carbocycles. The minimum absolute atomic E-state index is 0.0141. The van der Waals surface area contributed by atoms with Crippen LogP contribution < -0.4 is 16.0 Å². The predicted molar refractivity (Wildman–Crippen MR) is 70.6 cm³/mol. The van der Waals surface area contributed by atoms with Gasteiger partial charge in [0, 0.05) is 18.8 Å². The zero-order chi connectivity index (χ0) is 12.7. The topological polar surface area (TPSA) is 78.6 Å². The van der Waals surface area contributed by atoms with E-state index in [0.717, 1.165) is 36.3 Å². The van der Waals surface area contributed by atoms with E-state index in [1.165, 1.54) is 0 Å². The van der Waals surface area contributed by atoms with E-state index in [-0.39, 0.29) is 12.0 Å². The third-order valence-electron chi connectivity index (χ3n) is 3.61. The van der Waals surface area contributed by atoms with Crippen molar-refractivity contribution in [2.45, 2.75) is 25.4 Å². The van der Waals surface area contributed by atoms with Gasteiger partial charge in [-0.15, -0.1) is 0 Å². The average molecular weight is 247 g/mol. The van der Waals surface area contributed by atoms with E-state index < -0.39 is 0 Å². The van der Waals surface area contributed by atoms with Crippen LogP contribution in [0.2, 0.25) is 0 Å². The second-order valence-corrected chi connectivity index (χ2v) is 5.04. The Balaban J connectivity index is 1.93. The molecule has 1 aromatic carbocycles. The van der Waals surface area contributed by atoms with Crippen molar-refractivity contribution in [1.29, 1.82) is 0 Å². The lowest BCUT2D eigenvalue weighted by Crippen LogP contribution is -2.38. The summed E-state index contributed by atoms with van der Waals surface area (Å²) < 4.78 is 0. The molecule has 0 aliphatic carbocycles. The highest BCUT2D eigenvalue weighted by molar-refractivity contribution is 6.00. The minimum Gasteiger partial charge on any atom is -0.397 e. The van der Waals surface area contributed by atoms with Crippen LogP contribution in [-0.4, -0.2) is 30.2 Å². The molecule has 18 heavy (non-hydrogen) atoms. The molecule has 0 aromatic heterocycles. The van der Waals surface area contributed by atoms with Crippen molar-refractivity contribution in [3.8, 4) is 0 Å². The van der Waals surface area contributed by atoms with E-state index in [0.29, 0.717) is 18.7 Å². The highest BCUT2D eigenvalue weighted by Crippen LogP contribution is 2.34. The van der Waals surface area contributed by atoms with Gasteiger partial charge in [0.2, 0.25) is 5.91 Å². The summed E-state index contributed by atoms with van der Waals surface area (Å²) >= 11 is 0. The Hall–Kier alpha value is -1.75. The Bertz CT molecular complexity index is 501. The third-order valence-corrected chi connectivity index (χ3v) is 3.61. The molecule has 1 aromatic rings. The van der Waals surface area contributed by atoms with Crippen molar-refractivity contribution < 1.29 is 9.90 Å². The van der Waals surface area contributed by atoms with Crippen LogP contribution in [-0.2, 0) is 11.2 Å². The second-order valence-electron chi connectivity index (χ2n) is 5.04. The number of nitrogens with one attached hydrogen (secondary N) is 1. The largest absolute Gasteiger partial charge is 0.397 e. The maximum absolute atomic E-state index is 11.3. The normalized spacial score (nSPS) is 22.8. The van der Waals surface area contributed by atoms with Gasteiger partial charge in [0.25, 0.3) is 0 Å². The molecule has 5 nitrogen and oxygen atoms in total. The zero-order valence-electron chi connectivity index (χ0n) is 10.1. The number of amides is 1. The van der Waals surface area contributed by atoms with Crippen LogP contribution in [0.3, 0.4) is 0 Å². The summed E-state index contributed by atoms with van der Waals surface area (Å²) in [5.74, 6) is 0.0141. The summed E-state index contributed by atoms with van der Waals surface area (Å²) in [5.41, 5.74) is 9.45. The van der Waals surface area contributed by atoms with Crippen LogP contribution in [0.25, 0.3) is 0 Å². The van der Waals surface area contributed by atoms with Crippen LogP contribution in [0.15, 0.2) is 12.1 Å². The zero-order valence-corrected chi connectivity index (χ0v) is 10.1. The molecular weight excluding hydrogens is 230 g/mol. The van der Waals surface area contributed by atoms with E-state index in [4.69, 9.17) is 5.73 Å². The fourth-order valence-corrected chi connectivity index (χ4v) is 2.73. The standard InChI is InChI=1S/C13H17N3O2/c14-10-4-8-5-13(18)15-11(8)6-12(10)16-3-1-2-9(17)7-16/h4,6,9,17H,1-3,5,7,14H2,(H,15,18). The van der Waals surface area contributed by atoms with Crippen LogP contribution in [0.4, 0.5) is 17.1 Å². The number of anilines is 3. The molecule has 2 heterocycles. The van der Waals surface area contributed by atoms with Gasteiger partial charge in [0.05, 0.1) is 23.9 Å². The number of fused-ring (bicyclic) bond motifs is 1. The van der Waals surface area contributed by atoms with Crippen molar-refractivity contribution >= 4 is 23.0 Å². The number of hydrogen-bond acceptors (Lipinski definition) is 4. The first-order valence-corrected chi connectivity index (χ1v) is 6.29. The number of piperidine rings is 1. The Morgan fingerprint density at radius 3 is 3.06 bits per heavy atom. The van der Waals surface area contributed by atoms with Crippen molar-refractivity contribution in [2.24, 2.45) is 0 Å². The SMILES string of the molecule is Nc1cc2c(cc1N1CCCC(O)C1)NC(=O)C2. The number of benzene rings is 1. The molecule has 4 N–H and O–H groups in total. The third kappa shape index (κ3) is 1.90. The summed E-state index contributed by atoms with van der Waals surface area (Å²) in [6, 6.07) is 3.79. The number of carbonyl (C=O) groups is 1. The number of rotatable bonds is 1. The number of aliphatic hydroxyl groups is 1. The average Bonchev–Trinajstić information content (AvgIpc) is 2.67. The van der Waals surface area contributed by atoms with Crippen molar-refractivity contribution in [3.05, 3.63) is 17.7 Å². The second kappa shape index (κ2) is 4.17. The smallest absolute Gasteiger partial charge is 0.228 e. The van der Waals surface area contributed by atoms with Crippen LogP contribution in [0.5, 0.6) is 0 Å². The lowest BCUT2D eigenvalue weighted by molar-refractivity contribution is -0.115. The number of nitrogen functional groups attached to an aromatic ring is 1. The number of nitrogens with zero attached hydrogens (tertiary/aromatic N) is 1. The number of carbonyl (C=O) groups excluding carboxylic acids is 1. The summed E-state index contributed by atoms with van der Waals surface area (Å²) in [6.45, 7) is 1.50. The molecule has 1 atom stereocenters. The van der Waals surface area contributed by atoms with Gasteiger partial charge in [0.1, 0.15) is 0 Å². The summed E-state index contributed by atoms with van der Waals surface area (Å²) in [7, 11) is 0. The van der Waals surface area contributed by atoms with Gasteiger partial charge in [-0.25, -0.2) is 0 Å². The predicted octanol–water partition coefficient (Wildman–Crippen LogP) is 0.724. The lowest BCUT2D eigenvalue weighted by atomic mass is 10.0. The highest BCUT2D eigenvalue weighted by atomic mass is 16.3. The van der Waals surface area contributed by atoms with Crippen LogP contribution >= 0.6 is 0 Å². The van der Waals surface area contributed by atoms with Gasteiger partial charge >= 0.3 is 0 Å². The van der Waals surface area contributed by atoms with Crippen molar-refractivity contribution in [2.75, 3.05) is 29.0 Å². The molecule has 2 aliphatic rings. The monoisotopic (exact) mass is 247 g/mol. The number of hydrogen-bond donors (Lipinski definition) is 3. The molecule has 1 unspecified atom stereocenters. The molecule has 0 radical (unpaired) electrons. The molecule has 2 aliphatic heterocycles. The van der Waals surface area contributed by atoms with E-state index in [9.17, 15) is 9.90 Å². The number of β-amino-alcohol motifs (C(OH)–C–C–N with tert-alkyl or cyclic N) is 1. The summed E-state index contributed by atoms with van der Waals surface area (Å²) in [4.78, 5) is 13.4. The maximum Gasteiger partial charge on any atom is 0.228 e. The van der Waals surface area contributed by atoms with Gasteiger partial charge < -0.3 is 21.1 Å². The molecular formula is C13H17N3O2. The molecule has 0 bridgehead atoms. The quantitative estimate of drug-likeness (QED) is 0.639. The number of nitrogens with two attached hydrogens (primary N) is 1. The molecule has 0 spiro atoms. The fraction of sp³-hybridized carbons (Fsp3) is 0.462. The van der Waals surface area contributed by atoms with Crippen LogP contribution in [0.1, 0.15) is 18.4 Å². The molecule has 96 valence electrons. The Labute approximate surface area is 106 Å². The van der Waals surface area contributed by atoms with E-state index in [1.807, 2.05) is 12.1 Å². The van der Waals surface area contributed by atoms with Crippen molar-refractivity contribution in [1.82, 2.24) is 0 Å². The first-order chi connectivity index (χ1) is 8.63. The van der Waals surface area contributed by atoms with Crippen molar-refractivity contribution in [3.63, 3.8) is 0 Å². The first kappa shape index (κ1) is 11.3. The van der Waals surface area contributed by atoms with Gasteiger partial charge in [-0.3, -0.25) is 4.79 Å². The minimum atomic E-state index is -0.291. The molecule has 3 rings (SSSR count). The Morgan fingerprint density at radius 1 is 1.44 bits per heavy atom. The van der Waals surface area contributed by atoms with Gasteiger partial charge in [-0.1, -0.05) is 0 Å². The lowest BCUT2D eigenvalue weighted by Gasteiger charge is -2.33. The van der Waals surface area contributed by atoms with E-state index in [1.54, 1.807) is 0 Å². The summed E-state index contributed by atoms with van der Waals surface area (Å²) in [6.07, 6.45) is 1.92. The number of aliphatic hydroxyl groups excluding tert-OH is 1. The van der Waals surface area contributed by atoms with Crippen LogP contribution in [0, 0.1) is 0 Å². The highest BCUT2D eigenvalue weighted by Gasteiger charge is 2.24. The Morgan fingerprint density at radius 2 is 2.28 bits per heavy atom. The van der Waals surface area contributed by atoms with Gasteiger partial charge in [-0.05, 0) is 30.5 Å². The molecule has 1 amide bonds. The summed E-state index contributed by atoms with van der Waals surface area (Å²) in [5, 5.41) is 12.5. The molecule has 1 fully saturated rings. The maximum atomic E-state index is 11.3. The van der Waals surface area contributed by atoms with Gasteiger partial charge in [-0.2, -0.15) is 0 Å². The Kier molecular flexibility index (Phi) is 2.63. The fourth-order valence-electron chi connectivity index (χ4n) is 2.73. The molecule has 1 saturated heterocycles. The van der Waals surface area contributed by atoms with E-state index >= 15 is 0 Å². The van der Waals surface area contributed by atoms with E-state index in [2.05, 4.69) is 10.2 Å².